The molecule has 8 heteroatoms. The largest absolute Gasteiger partial charge is 0.334 e. The molecule has 2 aliphatic heterocycles. The highest BCUT2D eigenvalue weighted by Gasteiger charge is 2.30. The molecule has 0 radical (unpaired) electrons. The highest BCUT2D eigenvalue weighted by atomic mass is 79.9. The first-order chi connectivity index (χ1) is 21.2. The van der Waals surface area contributed by atoms with E-state index >= 15 is 0 Å². The first-order valence-electron chi connectivity index (χ1n) is 14.1. The maximum absolute atomic E-state index is 12.1. The predicted molar refractivity (Wildman–Crippen MR) is 186 cm³/mol. The predicted octanol–water partition coefficient (Wildman–Crippen LogP) is 9.53. The van der Waals surface area contributed by atoms with E-state index in [4.69, 9.17) is 23.2 Å². The van der Waals surface area contributed by atoms with Crippen molar-refractivity contribution >= 4 is 66.9 Å². The molecule has 4 nitrogen and oxygen atoms in total. The van der Waals surface area contributed by atoms with Gasteiger partial charge in [-0.3, -0.25) is 9.59 Å². The number of carbonyl (C=O) groups excluding carboxylic acids is 2. The molecule has 2 amide bonds. The number of rotatable bonds is 4. The molecule has 0 fully saturated rings. The van der Waals surface area contributed by atoms with Crippen molar-refractivity contribution in [3.05, 3.63) is 163 Å². The molecular weight excluding hydrogens is 723 g/mol. The summed E-state index contributed by atoms with van der Waals surface area (Å²) in [6.45, 7) is 9.69. The van der Waals surface area contributed by atoms with Crippen LogP contribution < -0.4 is 0 Å². The van der Waals surface area contributed by atoms with Crippen LogP contribution in [0.1, 0.15) is 45.2 Å². The third kappa shape index (κ3) is 7.37. The molecule has 4 aromatic carbocycles. The lowest BCUT2D eigenvalue weighted by Gasteiger charge is -2.34. The summed E-state index contributed by atoms with van der Waals surface area (Å²) in [5.74, 6) is 0.147. The molecule has 2 heterocycles. The van der Waals surface area contributed by atoms with Crippen molar-refractivity contribution < 1.29 is 9.59 Å². The topological polar surface area (TPSA) is 40.6 Å². The van der Waals surface area contributed by atoms with E-state index in [2.05, 4.69) is 81.4 Å². The van der Waals surface area contributed by atoms with E-state index in [1.54, 1.807) is 0 Å². The molecule has 0 aromatic heterocycles. The van der Waals surface area contributed by atoms with Gasteiger partial charge < -0.3 is 9.80 Å². The van der Waals surface area contributed by atoms with Gasteiger partial charge in [-0.05, 0) is 94.1 Å². The van der Waals surface area contributed by atoms with Crippen LogP contribution in [0.5, 0.6) is 0 Å². The second kappa shape index (κ2) is 14.3. The quantitative estimate of drug-likeness (QED) is 0.195. The van der Waals surface area contributed by atoms with Crippen LogP contribution in [0.25, 0.3) is 0 Å². The maximum atomic E-state index is 12.1. The molecular formula is C36H30Br2Cl2N2O2. The molecule has 0 aliphatic carbocycles. The Bertz CT molecular complexity index is 1610. The van der Waals surface area contributed by atoms with Gasteiger partial charge in [-0.2, -0.15) is 0 Å². The lowest BCUT2D eigenvalue weighted by molar-refractivity contribution is -0.127. The Kier molecular flexibility index (Phi) is 10.5. The number of hydrogen-bond donors (Lipinski definition) is 0. The Morgan fingerprint density at radius 1 is 0.659 bits per heavy atom. The van der Waals surface area contributed by atoms with Crippen LogP contribution in [-0.4, -0.2) is 34.7 Å². The average Bonchev–Trinajstić information content (AvgIpc) is 3.03. The highest BCUT2D eigenvalue weighted by Crippen LogP contribution is 2.37. The van der Waals surface area contributed by atoms with Crippen molar-refractivity contribution in [2.24, 2.45) is 0 Å². The molecule has 6 rings (SSSR count). The fourth-order valence-electron chi connectivity index (χ4n) is 5.86. The fourth-order valence-corrected chi connectivity index (χ4v) is 7.01. The van der Waals surface area contributed by atoms with Crippen LogP contribution in [0, 0.1) is 0 Å². The van der Waals surface area contributed by atoms with Crippen LogP contribution in [0.15, 0.2) is 119 Å². The van der Waals surface area contributed by atoms with Crippen molar-refractivity contribution in [3.63, 3.8) is 0 Å². The molecule has 0 N–H and O–H groups in total. The van der Waals surface area contributed by atoms with Gasteiger partial charge in [0.15, 0.2) is 0 Å². The molecule has 0 saturated heterocycles. The Morgan fingerprint density at radius 2 is 1.07 bits per heavy atom. The van der Waals surface area contributed by atoms with Crippen molar-refractivity contribution in [1.82, 2.24) is 9.80 Å². The number of hydrogen-bond acceptors (Lipinski definition) is 2. The summed E-state index contributed by atoms with van der Waals surface area (Å²) in [7, 11) is 0. The third-order valence-electron chi connectivity index (χ3n) is 7.97. The first kappa shape index (κ1) is 32.2. The molecule has 0 saturated carbocycles. The van der Waals surface area contributed by atoms with Gasteiger partial charge in [-0.1, -0.05) is 105 Å². The van der Waals surface area contributed by atoms with Gasteiger partial charge in [0.25, 0.3) is 0 Å². The van der Waals surface area contributed by atoms with E-state index in [1.165, 1.54) is 23.3 Å². The average molecular weight is 753 g/mol. The maximum Gasteiger partial charge on any atom is 0.246 e. The second-order valence-corrected chi connectivity index (χ2v) is 13.5. The molecule has 44 heavy (non-hydrogen) atoms. The van der Waals surface area contributed by atoms with Crippen LogP contribution in [0.2, 0.25) is 10.0 Å². The van der Waals surface area contributed by atoms with Gasteiger partial charge in [-0.25, -0.2) is 0 Å². The molecule has 224 valence electrons. The minimum absolute atomic E-state index is 0.0411. The van der Waals surface area contributed by atoms with E-state index < -0.39 is 0 Å². The Morgan fingerprint density at radius 3 is 1.43 bits per heavy atom. The zero-order valence-corrected chi connectivity index (χ0v) is 28.5. The van der Waals surface area contributed by atoms with Crippen molar-refractivity contribution in [1.29, 1.82) is 0 Å². The summed E-state index contributed by atoms with van der Waals surface area (Å²) in [6, 6.07) is 28.1. The first-order valence-corrected chi connectivity index (χ1v) is 16.4. The standard InChI is InChI=1S/2C18H15BrClNO/c2*1-2-18(22)21-10-13-6-7-14(19)9-16(13)17(11-21)12-4-3-5-15(20)8-12/h2*2-9,17H,1,10-11H2/t2*17-/m10/s1. The van der Waals surface area contributed by atoms with Crippen LogP contribution in [-0.2, 0) is 22.7 Å². The monoisotopic (exact) mass is 750 g/mol. The van der Waals surface area contributed by atoms with Gasteiger partial charge in [-0.15, -0.1) is 0 Å². The summed E-state index contributed by atoms with van der Waals surface area (Å²) < 4.78 is 2.09. The Hall–Kier alpha value is -3.16. The molecule has 0 bridgehead atoms. The van der Waals surface area contributed by atoms with Gasteiger partial charge in [0.1, 0.15) is 0 Å². The molecule has 4 aromatic rings. The SMILES string of the molecule is C=CC(=O)N1Cc2ccc(Br)cc2[C@@H](c2cccc(Cl)c2)C1.C=CC(=O)N1Cc2ccc(Br)cc2[C@H](c2cccc(Cl)c2)C1. The summed E-state index contributed by atoms with van der Waals surface area (Å²) in [4.78, 5) is 27.8. The lowest BCUT2D eigenvalue weighted by Crippen LogP contribution is -2.37. The van der Waals surface area contributed by atoms with E-state index in [9.17, 15) is 9.59 Å². The summed E-state index contributed by atoms with van der Waals surface area (Å²) in [5, 5.41) is 1.42. The zero-order valence-electron chi connectivity index (χ0n) is 23.9. The van der Waals surface area contributed by atoms with Crippen LogP contribution >= 0.6 is 55.1 Å². The van der Waals surface area contributed by atoms with Crippen LogP contribution in [0.4, 0.5) is 0 Å². The van der Waals surface area contributed by atoms with E-state index in [-0.39, 0.29) is 23.7 Å². The van der Waals surface area contributed by atoms with Crippen LogP contribution in [0.3, 0.4) is 0 Å². The number of amides is 2. The second-order valence-electron chi connectivity index (χ2n) is 10.7. The molecule has 2 atom stereocenters. The Balaban J connectivity index is 0.000000175. The van der Waals surface area contributed by atoms with Gasteiger partial charge >= 0.3 is 0 Å². The molecule has 0 unspecified atom stereocenters. The molecule has 2 aliphatic rings. The Labute approximate surface area is 285 Å². The normalized spacial score (nSPS) is 17.0. The summed E-state index contributed by atoms with van der Waals surface area (Å²) in [5.41, 5.74) is 7.04. The minimum Gasteiger partial charge on any atom is -0.334 e. The zero-order chi connectivity index (χ0) is 31.4. The summed E-state index contributed by atoms with van der Waals surface area (Å²) in [6.07, 6.45) is 2.75. The van der Waals surface area contributed by atoms with Crippen molar-refractivity contribution in [3.8, 4) is 0 Å². The fraction of sp³-hybridized carbons (Fsp3) is 0.167. The van der Waals surface area contributed by atoms with E-state index in [1.807, 2.05) is 58.3 Å². The number of nitrogens with zero attached hydrogens (tertiary/aromatic N) is 2. The number of halogens is 4. The van der Waals surface area contributed by atoms with Crippen molar-refractivity contribution in [2.75, 3.05) is 13.1 Å². The van der Waals surface area contributed by atoms with Gasteiger partial charge in [0, 0.05) is 57.0 Å². The van der Waals surface area contributed by atoms with E-state index in [0.717, 1.165) is 31.2 Å². The minimum atomic E-state index is -0.0411. The highest BCUT2D eigenvalue weighted by molar-refractivity contribution is 9.10. The smallest absolute Gasteiger partial charge is 0.246 e. The third-order valence-corrected chi connectivity index (χ3v) is 9.43. The van der Waals surface area contributed by atoms with Gasteiger partial charge in [0.2, 0.25) is 11.8 Å². The van der Waals surface area contributed by atoms with Crippen molar-refractivity contribution in [2.45, 2.75) is 24.9 Å². The number of benzene rings is 4. The lowest BCUT2D eigenvalue weighted by atomic mass is 9.84. The number of fused-ring (bicyclic) bond motifs is 2. The number of carbonyl (C=O) groups is 2. The van der Waals surface area contributed by atoms with E-state index in [0.29, 0.717) is 36.2 Å². The van der Waals surface area contributed by atoms with Gasteiger partial charge in [0.05, 0.1) is 0 Å². The summed E-state index contributed by atoms with van der Waals surface area (Å²) >= 11 is 19.4. The molecule has 0 spiro atoms.